The first-order valence-corrected chi connectivity index (χ1v) is 10.2. The SMILES string of the molecule is NS(=O)(=O)c1ccccc1-c1cc(-c2cnccn2)c2occc2c1.O=C(O)C(F)(F)F. The fourth-order valence-electron chi connectivity index (χ4n) is 2.82. The number of benzene rings is 2. The van der Waals surface area contributed by atoms with Crippen molar-refractivity contribution < 1.29 is 35.9 Å². The number of rotatable bonds is 3. The first-order valence-electron chi connectivity index (χ1n) is 8.68. The molecule has 0 aliphatic rings. The van der Waals surface area contributed by atoms with Gasteiger partial charge in [-0.25, -0.2) is 18.4 Å². The van der Waals surface area contributed by atoms with E-state index in [1.165, 1.54) is 6.07 Å². The minimum absolute atomic E-state index is 0.0722. The van der Waals surface area contributed by atoms with Gasteiger partial charge in [0.2, 0.25) is 10.0 Å². The van der Waals surface area contributed by atoms with E-state index >= 15 is 0 Å². The van der Waals surface area contributed by atoms with Gasteiger partial charge in [0.05, 0.1) is 23.0 Å². The van der Waals surface area contributed by atoms with Crippen molar-refractivity contribution in [1.82, 2.24) is 9.97 Å². The second-order valence-corrected chi connectivity index (χ2v) is 7.83. The van der Waals surface area contributed by atoms with Gasteiger partial charge in [-0.05, 0) is 29.8 Å². The van der Waals surface area contributed by atoms with Crippen molar-refractivity contribution in [2.45, 2.75) is 11.1 Å². The molecule has 4 rings (SSSR count). The zero-order valence-corrected chi connectivity index (χ0v) is 16.8. The van der Waals surface area contributed by atoms with Crippen molar-refractivity contribution in [2.24, 2.45) is 5.14 Å². The smallest absolute Gasteiger partial charge is 0.475 e. The van der Waals surface area contributed by atoms with Crippen LogP contribution in [0.5, 0.6) is 0 Å². The number of nitrogens with zero attached hydrogens (tertiary/aromatic N) is 2. The van der Waals surface area contributed by atoms with E-state index in [1.807, 2.05) is 18.2 Å². The van der Waals surface area contributed by atoms with Gasteiger partial charge in [-0.15, -0.1) is 0 Å². The highest BCUT2D eigenvalue weighted by atomic mass is 32.2. The van der Waals surface area contributed by atoms with Crippen LogP contribution in [-0.4, -0.2) is 35.6 Å². The Bertz CT molecular complexity index is 1370. The van der Waals surface area contributed by atoms with E-state index in [4.69, 9.17) is 19.5 Å². The summed E-state index contributed by atoms with van der Waals surface area (Å²) in [5.41, 5.74) is 3.27. The first kappa shape index (κ1) is 22.9. The molecule has 0 bridgehead atoms. The third kappa shape index (κ3) is 5.10. The summed E-state index contributed by atoms with van der Waals surface area (Å²) in [6, 6.07) is 12.1. The molecule has 8 nitrogen and oxygen atoms in total. The minimum atomic E-state index is -5.08. The Hall–Kier alpha value is -3.77. The van der Waals surface area contributed by atoms with Crippen LogP contribution in [0.4, 0.5) is 13.2 Å². The zero-order chi connectivity index (χ0) is 23.5. The van der Waals surface area contributed by atoms with E-state index in [0.717, 1.165) is 10.9 Å². The lowest BCUT2D eigenvalue weighted by molar-refractivity contribution is -0.192. The van der Waals surface area contributed by atoms with Crippen LogP contribution in [-0.2, 0) is 14.8 Å². The molecule has 166 valence electrons. The van der Waals surface area contributed by atoms with Crippen LogP contribution < -0.4 is 5.14 Å². The Morgan fingerprint density at radius 1 is 1.06 bits per heavy atom. The third-order valence-corrected chi connectivity index (χ3v) is 5.11. The average molecular weight is 465 g/mol. The Kier molecular flexibility index (Phi) is 6.27. The lowest BCUT2D eigenvalue weighted by Crippen LogP contribution is -2.21. The molecule has 0 spiro atoms. The predicted molar refractivity (Wildman–Crippen MR) is 108 cm³/mol. The molecule has 0 atom stereocenters. The number of fused-ring (bicyclic) bond motifs is 1. The molecule has 2 aromatic carbocycles. The van der Waals surface area contributed by atoms with Crippen LogP contribution in [0.1, 0.15) is 0 Å². The van der Waals surface area contributed by atoms with Crippen LogP contribution in [0.2, 0.25) is 0 Å². The number of alkyl halides is 3. The molecule has 0 aliphatic heterocycles. The zero-order valence-electron chi connectivity index (χ0n) is 15.9. The Morgan fingerprint density at radius 2 is 1.75 bits per heavy atom. The van der Waals surface area contributed by atoms with E-state index in [2.05, 4.69) is 9.97 Å². The normalized spacial score (nSPS) is 11.6. The summed E-state index contributed by atoms with van der Waals surface area (Å²) in [5, 5.41) is 13.3. The van der Waals surface area contributed by atoms with Gasteiger partial charge in [0.25, 0.3) is 0 Å². The van der Waals surface area contributed by atoms with Gasteiger partial charge in [0, 0.05) is 28.9 Å². The van der Waals surface area contributed by atoms with E-state index < -0.39 is 22.2 Å². The minimum Gasteiger partial charge on any atom is -0.475 e. The number of carboxylic acids is 1. The summed E-state index contributed by atoms with van der Waals surface area (Å²) in [6.45, 7) is 0. The number of primary sulfonamides is 1. The van der Waals surface area contributed by atoms with E-state index in [0.29, 0.717) is 22.4 Å². The number of furan rings is 1. The number of aromatic nitrogens is 2. The maximum atomic E-state index is 11.9. The second kappa shape index (κ2) is 8.77. The summed E-state index contributed by atoms with van der Waals surface area (Å²) < 4.78 is 61.2. The number of carbonyl (C=O) groups is 1. The van der Waals surface area contributed by atoms with Gasteiger partial charge in [0.1, 0.15) is 5.58 Å². The van der Waals surface area contributed by atoms with Crippen molar-refractivity contribution >= 4 is 27.0 Å². The molecule has 3 N–H and O–H groups in total. The van der Waals surface area contributed by atoms with Gasteiger partial charge < -0.3 is 9.52 Å². The highest BCUT2D eigenvalue weighted by Gasteiger charge is 2.38. The molecule has 0 radical (unpaired) electrons. The van der Waals surface area contributed by atoms with Gasteiger partial charge >= 0.3 is 12.1 Å². The molecule has 0 saturated heterocycles. The van der Waals surface area contributed by atoms with Crippen LogP contribution in [0, 0.1) is 0 Å². The molecule has 32 heavy (non-hydrogen) atoms. The molecule has 2 aromatic heterocycles. The van der Waals surface area contributed by atoms with Crippen molar-refractivity contribution in [2.75, 3.05) is 0 Å². The molecule has 0 aliphatic carbocycles. The van der Waals surface area contributed by atoms with E-state index in [-0.39, 0.29) is 4.90 Å². The fourth-order valence-corrected chi connectivity index (χ4v) is 3.58. The van der Waals surface area contributed by atoms with Gasteiger partial charge in [0.15, 0.2) is 0 Å². The molecule has 2 heterocycles. The molecule has 0 saturated carbocycles. The van der Waals surface area contributed by atoms with Crippen LogP contribution in [0.15, 0.2) is 76.6 Å². The lowest BCUT2D eigenvalue weighted by atomic mass is 9.99. The topological polar surface area (TPSA) is 136 Å². The predicted octanol–water partition coefficient (Wildman–Crippen LogP) is 3.84. The maximum absolute atomic E-state index is 11.9. The highest BCUT2D eigenvalue weighted by molar-refractivity contribution is 7.89. The van der Waals surface area contributed by atoms with Gasteiger partial charge in [-0.2, -0.15) is 13.2 Å². The molecule has 0 unspecified atom stereocenters. The Morgan fingerprint density at radius 3 is 2.34 bits per heavy atom. The van der Waals surface area contributed by atoms with Crippen molar-refractivity contribution in [1.29, 1.82) is 0 Å². The second-order valence-electron chi connectivity index (χ2n) is 6.30. The number of hydrogen-bond donors (Lipinski definition) is 2. The average Bonchev–Trinajstić information content (AvgIpc) is 3.21. The summed E-state index contributed by atoms with van der Waals surface area (Å²) in [6.07, 6.45) is 1.31. The number of halogens is 3. The number of carboxylic acid groups (broad SMARTS) is 1. The highest BCUT2D eigenvalue weighted by Crippen LogP contribution is 2.35. The van der Waals surface area contributed by atoms with Crippen LogP contribution in [0.3, 0.4) is 0 Å². The molecule has 0 fully saturated rings. The van der Waals surface area contributed by atoms with Crippen molar-refractivity contribution in [3.8, 4) is 22.4 Å². The molecular weight excluding hydrogens is 451 g/mol. The fraction of sp³-hybridized carbons (Fsp3) is 0.0500. The summed E-state index contributed by atoms with van der Waals surface area (Å²) in [5.74, 6) is -2.76. The monoisotopic (exact) mass is 465 g/mol. The molecular formula is C20H14F3N3O5S. The Labute approximate surface area is 179 Å². The molecule has 12 heteroatoms. The number of hydrogen-bond acceptors (Lipinski definition) is 6. The van der Waals surface area contributed by atoms with Crippen molar-refractivity contribution in [3.63, 3.8) is 0 Å². The Balaban J connectivity index is 0.000000360. The largest absolute Gasteiger partial charge is 0.490 e. The van der Waals surface area contributed by atoms with Gasteiger partial charge in [-0.1, -0.05) is 18.2 Å². The number of nitrogens with two attached hydrogens (primary N) is 1. The summed E-state index contributed by atoms with van der Waals surface area (Å²) in [4.78, 5) is 17.4. The van der Waals surface area contributed by atoms with Crippen LogP contribution >= 0.6 is 0 Å². The first-order chi connectivity index (χ1) is 15.0. The van der Waals surface area contributed by atoms with Gasteiger partial charge in [-0.3, -0.25) is 9.97 Å². The third-order valence-electron chi connectivity index (χ3n) is 4.14. The summed E-state index contributed by atoms with van der Waals surface area (Å²) in [7, 11) is -3.85. The van der Waals surface area contributed by atoms with E-state index in [9.17, 15) is 21.6 Å². The maximum Gasteiger partial charge on any atom is 0.490 e. The van der Waals surface area contributed by atoms with Crippen molar-refractivity contribution in [3.05, 3.63) is 67.3 Å². The van der Waals surface area contributed by atoms with E-state index in [1.54, 1.807) is 43.1 Å². The lowest BCUT2D eigenvalue weighted by Gasteiger charge is -2.10. The summed E-state index contributed by atoms with van der Waals surface area (Å²) >= 11 is 0. The number of sulfonamides is 1. The quantitative estimate of drug-likeness (QED) is 0.469. The standard InChI is InChI=1S/C18H13N3O3S.C2HF3O2/c19-25(22,23)17-4-2-1-3-14(17)13-9-12-5-8-24-18(12)15(10-13)16-11-20-6-7-21-16;3-2(4,5)1(6)7/h1-11H,(H2,19,22,23);(H,6,7). The molecule has 0 amide bonds. The number of aliphatic carboxylic acids is 1. The molecule has 4 aromatic rings. The van der Waals surface area contributed by atoms with Crippen LogP contribution in [0.25, 0.3) is 33.4 Å².